The highest BCUT2D eigenvalue weighted by atomic mass is 35.5. The lowest BCUT2D eigenvalue weighted by Gasteiger charge is -2.33. The normalized spacial score (nSPS) is 13.9. The first-order valence-electron chi connectivity index (χ1n) is 14.7. The van der Waals surface area contributed by atoms with Crippen LogP contribution in [0, 0.1) is 0 Å². The van der Waals surface area contributed by atoms with E-state index in [2.05, 4.69) is 117 Å². The quantitative estimate of drug-likeness (QED) is 0.194. The van der Waals surface area contributed by atoms with Gasteiger partial charge >= 0.3 is 0 Å². The van der Waals surface area contributed by atoms with Crippen LogP contribution < -0.4 is 14.2 Å². The fraction of sp³-hybridized carbons (Fsp3) is 0.606. The number of alkyl halides is 1. The van der Waals surface area contributed by atoms with Gasteiger partial charge < -0.3 is 14.2 Å². The van der Waals surface area contributed by atoms with E-state index >= 15 is 0 Å². The molecular formula is C33H52ClNO3Si2. The van der Waals surface area contributed by atoms with Gasteiger partial charge in [0.15, 0.2) is 0 Å². The molecular weight excluding hydrogens is 550 g/mol. The van der Waals surface area contributed by atoms with Crippen LogP contribution in [0.2, 0.25) is 26.2 Å². The standard InChI is InChI=1S/C33H52ClNO3Si2/c1-13-23(25-16-15-22(32(3,4)5)21-28(25)37-39(9)10)24(14-2)26-17-18-27(33(6,7)8)30(31(26)38-40(11)12)35-29(36)19-20-34/h15-18,21,23-24H,13-14,19-20H2,1-12H3,(H,35,36). The first-order valence-corrected chi connectivity index (χ1v) is 20.0. The van der Waals surface area contributed by atoms with E-state index in [1.165, 1.54) is 11.1 Å². The van der Waals surface area contributed by atoms with Gasteiger partial charge in [-0.05, 0) is 90.0 Å². The Labute approximate surface area is 253 Å². The summed E-state index contributed by atoms with van der Waals surface area (Å²) in [5, 5.41) is 3.22. The molecule has 1 amide bonds. The molecule has 40 heavy (non-hydrogen) atoms. The predicted molar refractivity (Wildman–Crippen MR) is 177 cm³/mol. The largest absolute Gasteiger partial charge is 0.542 e. The van der Waals surface area contributed by atoms with Crippen molar-refractivity contribution in [1.29, 1.82) is 0 Å². The van der Waals surface area contributed by atoms with Gasteiger partial charge in [-0.15, -0.1) is 11.6 Å². The smallest absolute Gasteiger partial charge is 0.274 e. The van der Waals surface area contributed by atoms with Crippen molar-refractivity contribution < 1.29 is 13.6 Å². The highest BCUT2D eigenvalue weighted by Gasteiger charge is 2.32. The summed E-state index contributed by atoms with van der Waals surface area (Å²) in [6, 6.07) is 11.3. The molecule has 0 heterocycles. The Morgan fingerprint density at radius 2 is 1.40 bits per heavy atom. The minimum atomic E-state index is -1.12. The number of benzene rings is 2. The fourth-order valence-corrected chi connectivity index (χ4v) is 6.72. The second-order valence-corrected chi connectivity index (χ2v) is 17.6. The van der Waals surface area contributed by atoms with E-state index in [9.17, 15) is 4.79 Å². The van der Waals surface area contributed by atoms with E-state index in [0.29, 0.717) is 0 Å². The Morgan fingerprint density at radius 3 is 1.88 bits per heavy atom. The minimum absolute atomic E-state index is 0.0392. The Bertz CT molecular complexity index is 1140. The molecule has 0 aromatic heterocycles. The van der Waals surface area contributed by atoms with Gasteiger partial charge in [-0.25, -0.2) is 0 Å². The summed E-state index contributed by atoms with van der Waals surface area (Å²) in [5.41, 5.74) is 5.42. The van der Waals surface area contributed by atoms with Crippen LogP contribution in [0.25, 0.3) is 0 Å². The Balaban J connectivity index is 2.83. The van der Waals surface area contributed by atoms with Crippen LogP contribution in [0.1, 0.15) is 109 Å². The number of hydrogen-bond acceptors (Lipinski definition) is 3. The maximum atomic E-state index is 12.9. The maximum Gasteiger partial charge on any atom is 0.274 e. The second kappa shape index (κ2) is 14.4. The number of carbonyl (C=O) groups excluding carboxylic acids is 1. The van der Waals surface area contributed by atoms with Gasteiger partial charge in [-0.1, -0.05) is 79.7 Å². The molecule has 2 radical (unpaired) electrons. The Hall–Kier alpha value is -1.77. The van der Waals surface area contributed by atoms with E-state index in [1.54, 1.807) is 0 Å². The lowest BCUT2D eigenvalue weighted by Crippen LogP contribution is -2.24. The van der Waals surface area contributed by atoms with Gasteiger partial charge in [-0.2, -0.15) is 0 Å². The van der Waals surface area contributed by atoms with E-state index < -0.39 is 18.1 Å². The molecule has 7 heteroatoms. The van der Waals surface area contributed by atoms with Gasteiger partial charge in [0.2, 0.25) is 5.91 Å². The van der Waals surface area contributed by atoms with Gasteiger partial charge in [0, 0.05) is 12.3 Å². The molecule has 1 N–H and O–H groups in total. The minimum Gasteiger partial charge on any atom is -0.542 e. The molecule has 2 aromatic rings. The highest BCUT2D eigenvalue weighted by molar-refractivity contribution is 6.49. The van der Waals surface area contributed by atoms with Crippen LogP contribution in [0.4, 0.5) is 5.69 Å². The molecule has 0 aliphatic heterocycles. The third-order valence-corrected chi connectivity index (χ3v) is 8.68. The monoisotopic (exact) mass is 601 g/mol. The first-order chi connectivity index (χ1) is 18.5. The second-order valence-electron chi connectivity index (χ2n) is 13.2. The number of amides is 1. The summed E-state index contributed by atoms with van der Waals surface area (Å²) < 4.78 is 13.3. The van der Waals surface area contributed by atoms with E-state index in [4.69, 9.17) is 20.5 Å². The van der Waals surface area contributed by atoms with Crippen LogP contribution in [-0.2, 0) is 15.6 Å². The van der Waals surface area contributed by atoms with Gasteiger partial charge in [0.25, 0.3) is 18.1 Å². The van der Waals surface area contributed by atoms with E-state index in [1.807, 2.05) is 0 Å². The summed E-state index contributed by atoms with van der Waals surface area (Å²) in [5.74, 6) is 2.45. The number of nitrogens with one attached hydrogen (secondary N) is 1. The third-order valence-electron chi connectivity index (χ3n) is 7.25. The molecule has 2 aromatic carbocycles. The van der Waals surface area contributed by atoms with Gasteiger partial charge in [0.05, 0.1) is 5.69 Å². The van der Waals surface area contributed by atoms with Crippen LogP contribution in [-0.4, -0.2) is 29.9 Å². The van der Waals surface area contributed by atoms with Crippen molar-refractivity contribution in [3.63, 3.8) is 0 Å². The Morgan fingerprint density at radius 1 is 0.850 bits per heavy atom. The molecule has 222 valence electrons. The maximum absolute atomic E-state index is 12.9. The van der Waals surface area contributed by atoms with Crippen LogP contribution in [0.15, 0.2) is 30.3 Å². The Kier molecular flexibility index (Phi) is 12.4. The molecule has 2 rings (SSSR count). The molecule has 0 fully saturated rings. The van der Waals surface area contributed by atoms with Crippen LogP contribution in [0.5, 0.6) is 11.5 Å². The molecule has 0 aliphatic carbocycles. The zero-order valence-corrected chi connectivity index (χ0v) is 29.7. The summed E-state index contributed by atoms with van der Waals surface area (Å²) in [6.07, 6.45) is 2.16. The summed E-state index contributed by atoms with van der Waals surface area (Å²) in [4.78, 5) is 12.9. The average molecular weight is 602 g/mol. The number of halogens is 1. The molecule has 2 atom stereocenters. The molecule has 0 aliphatic rings. The lowest BCUT2D eigenvalue weighted by atomic mass is 9.75. The van der Waals surface area contributed by atoms with Crippen molar-refractivity contribution in [1.82, 2.24) is 0 Å². The molecule has 0 spiro atoms. The number of rotatable bonds is 12. The van der Waals surface area contributed by atoms with Crippen molar-refractivity contribution in [2.45, 2.75) is 124 Å². The van der Waals surface area contributed by atoms with E-state index in [0.717, 1.165) is 41.2 Å². The third kappa shape index (κ3) is 8.86. The predicted octanol–water partition coefficient (Wildman–Crippen LogP) is 9.80. The van der Waals surface area contributed by atoms with Gasteiger partial charge in [-0.3, -0.25) is 4.79 Å². The van der Waals surface area contributed by atoms with E-state index in [-0.39, 0.29) is 40.9 Å². The van der Waals surface area contributed by atoms with Crippen molar-refractivity contribution in [3.05, 3.63) is 52.6 Å². The molecule has 2 unspecified atom stereocenters. The lowest BCUT2D eigenvalue weighted by molar-refractivity contribution is -0.115. The SMILES string of the molecule is CCC(c1ccc(C(C)(C)C)cc1O[Si](C)C)C(CC)c1ccc(C(C)(C)C)c(NC(=O)CCCl)c1O[Si](C)C. The number of hydrogen-bond donors (Lipinski definition) is 1. The summed E-state index contributed by atoms with van der Waals surface area (Å²) >= 11 is 5.94. The zero-order valence-electron chi connectivity index (χ0n) is 27.0. The molecule has 4 nitrogen and oxygen atoms in total. The molecule has 0 saturated heterocycles. The van der Waals surface area contributed by atoms with Crippen molar-refractivity contribution in [2.24, 2.45) is 0 Å². The van der Waals surface area contributed by atoms with Crippen molar-refractivity contribution in [3.8, 4) is 11.5 Å². The molecule has 0 bridgehead atoms. The van der Waals surface area contributed by atoms with Crippen molar-refractivity contribution >= 4 is 41.3 Å². The summed E-state index contributed by atoms with van der Waals surface area (Å²) in [7, 11) is -2.08. The van der Waals surface area contributed by atoms with Crippen molar-refractivity contribution in [2.75, 3.05) is 11.2 Å². The fourth-order valence-electron chi connectivity index (χ4n) is 5.30. The number of anilines is 1. The summed E-state index contributed by atoms with van der Waals surface area (Å²) in [6.45, 7) is 26.4. The van der Waals surface area contributed by atoms with Crippen LogP contribution >= 0.6 is 11.6 Å². The zero-order chi connectivity index (χ0) is 30.4. The molecule has 0 saturated carbocycles. The van der Waals surface area contributed by atoms with Gasteiger partial charge in [0.1, 0.15) is 11.5 Å². The first kappa shape index (κ1) is 34.4. The topological polar surface area (TPSA) is 47.6 Å². The average Bonchev–Trinajstić information content (AvgIpc) is 2.82. The highest BCUT2D eigenvalue weighted by Crippen LogP contribution is 2.49. The van der Waals surface area contributed by atoms with Crippen LogP contribution in [0.3, 0.4) is 0 Å². The number of carbonyl (C=O) groups is 1.